The Morgan fingerprint density at radius 1 is 1.43 bits per heavy atom. The molecule has 0 saturated carbocycles. The third-order valence-electron chi connectivity index (χ3n) is 2.58. The average Bonchev–Trinajstić information content (AvgIpc) is 2.13. The summed E-state index contributed by atoms with van der Waals surface area (Å²) in [5.41, 5.74) is 0. The van der Waals surface area contributed by atoms with Crippen molar-refractivity contribution in [3.63, 3.8) is 0 Å². The fraction of sp³-hybridized carbons (Fsp3) is 0.889. The molecule has 0 spiro atoms. The molecule has 2 aliphatic rings. The summed E-state index contributed by atoms with van der Waals surface area (Å²) in [7, 11) is 0. The highest BCUT2D eigenvalue weighted by Gasteiger charge is 2.21. The first-order valence-electron chi connectivity index (χ1n) is 5.15. The highest BCUT2D eigenvalue weighted by Crippen LogP contribution is 1.99. The SMILES string of the molecule is O=C(CN1CCNCC1)NC1COC1. The Kier molecular flexibility index (Phi) is 3.34. The molecule has 5 heteroatoms. The number of hydrogen-bond acceptors (Lipinski definition) is 4. The molecule has 14 heavy (non-hydrogen) atoms. The lowest BCUT2D eigenvalue weighted by molar-refractivity contribution is -0.126. The van der Waals surface area contributed by atoms with Gasteiger partial charge in [0, 0.05) is 26.2 Å². The number of piperazine rings is 1. The topological polar surface area (TPSA) is 53.6 Å². The standard InChI is InChI=1S/C9H17N3O2/c13-9(11-8-6-14-7-8)5-12-3-1-10-2-4-12/h8,10H,1-7H2,(H,11,13). The Morgan fingerprint density at radius 2 is 2.14 bits per heavy atom. The Hall–Kier alpha value is -0.650. The van der Waals surface area contributed by atoms with Crippen LogP contribution in [0.2, 0.25) is 0 Å². The van der Waals surface area contributed by atoms with E-state index in [4.69, 9.17) is 4.74 Å². The van der Waals surface area contributed by atoms with Crippen LogP contribution < -0.4 is 10.6 Å². The molecule has 0 aromatic rings. The second-order valence-electron chi connectivity index (χ2n) is 3.83. The first-order valence-corrected chi connectivity index (χ1v) is 5.15. The first-order chi connectivity index (χ1) is 6.84. The molecule has 2 aliphatic heterocycles. The van der Waals surface area contributed by atoms with E-state index < -0.39 is 0 Å². The zero-order valence-electron chi connectivity index (χ0n) is 8.29. The maximum absolute atomic E-state index is 11.5. The smallest absolute Gasteiger partial charge is 0.234 e. The van der Waals surface area contributed by atoms with Crippen LogP contribution in [0, 0.1) is 0 Å². The lowest BCUT2D eigenvalue weighted by Gasteiger charge is -2.30. The highest BCUT2D eigenvalue weighted by atomic mass is 16.5. The van der Waals surface area contributed by atoms with E-state index in [2.05, 4.69) is 15.5 Å². The number of nitrogens with zero attached hydrogens (tertiary/aromatic N) is 1. The lowest BCUT2D eigenvalue weighted by Crippen LogP contribution is -2.53. The molecule has 0 aromatic heterocycles. The molecule has 2 fully saturated rings. The Bertz CT molecular complexity index is 200. The van der Waals surface area contributed by atoms with Gasteiger partial charge in [-0.1, -0.05) is 0 Å². The third-order valence-corrected chi connectivity index (χ3v) is 2.58. The van der Waals surface area contributed by atoms with Crippen LogP contribution in [0.3, 0.4) is 0 Å². The number of amides is 1. The summed E-state index contributed by atoms with van der Waals surface area (Å²) < 4.78 is 4.99. The van der Waals surface area contributed by atoms with Gasteiger partial charge in [-0.15, -0.1) is 0 Å². The van der Waals surface area contributed by atoms with E-state index in [0.29, 0.717) is 19.8 Å². The molecule has 1 amide bonds. The molecule has 0 bridgehead atoms. The fourth-order valence-electron chi connectivity index (χ4n) is 1.66. The van der Waals surface area contributed by atoms with Crippen molar-refractivity contribution in [3.8, 4) is 0 Å². The van der Waals surface area contributed by atoms with E-state index >= 15 is 0 Å². The molecule has 0 aromatic carbocycles. The molecule has 2 heterocycles. The van der Waals surface area contributed by atoms with Crippen LogP contribution in [-0.4, -0.2) is 62.8 Å². The minimum atomic E-state index is 0.125. The van der Waals surface area contributed by atoms with Gasteiger partial charge in [0.25, 0.3) is 0 Å². The maximum Gasteiger partial charge on any atom is 0.234 e. The third kappa shape index (κ3) is 2.67. The second kappa shape index (κ2) is 4.72. The molecule has 80 valence electrons. The van der Waals surface area contributed by atoms with Crippen LogP contribution in [0.1, 0.15) is 0 Å². The molecule has 2 N–H and O–H groups in total. The number of nitrogens with one attached hydrogen (secondary N) is 2. The van der Waals surface area contributed by atoms with Gasteiger partial charge < -0.3 is 15.4 Å². The zero-order chi connectivity index (χ0) is 9.80. The minimum absolute atomic E-state index is 0.125. The van der Waals surface area contributed by atoms with E-state index in [-0.39, 0.29) is 11.9 Å². The molecule has 2 saturated heterocycles. The van der Waals surface area contributed by atoms with E-state index in [1.165, 1.54) is 0 Å². The summed E-state index contributed by atoms with van der Waals surface area (Å²) in [4.78, 5) is 13.7. The number of rotatable bonds is 3. The van der Waals surface area contributed by atoms with E-state index in [1.54, 1.807) is 0 Å². The number of carbonyl (C=O) groups excluding carboxylic acids is 1. The summed E-state index contributed by atoms with van der Waals surface area (Å²) in [6.07, 6.45) is 0. The molecule has 5 nitrogen and oxygen atoms in total. The molecule has 0 radical (unpaired) electrons. The van der Waals surface area contributed by atoms with Crippen molar-refractivity contribution in [2.45, 2.75) is 6.04 Å². The van der Waals surface area contributed by atoms with Gasteiger partial charge in [-0.05, 0) is 0 Å². The number of carbonyl (C=O) groups is 1. The Labute approximate surface area is 83.8 Å². The van der Waals surface area contributed by atoms with Crippen molar-refractivity contribution in [2.75, 3.05) is 45.9 Å². The van der Waals surface area contributed by atoms with Crippen LogP contribution in [0.15, 0.2) is 0 Å². The lowest BCUT2D eigenvalue weighted by atomic mass is 10.2. The first kappa shape index (κ1) is 9.89. The van der Waals surface area contributed by atoms with Crippen molar-refractivity contribution >= 4 is 5.91 Å². The van der Waals surface area contributed by atoms with Crippen molar-refractivity contribution in [1.29, 1.82) is 0 Å². The summed E-state index contributed by atoms with van der Waals surface area (Å²) in [6, 6.07) is 0.255. The summed E-state index contributed by atoms with van der Waals surface area (Å²) in [5.74, 6) is 0.125. The monoisotopic (exact) mass is 199 g/mol. The molecule has 0 atom stereocenters. The summed E-state index contributed by atoms with van der Waals surface area (Å²) >= 11 is 0. The van der Waals surface area contributed by atoms with Crippen LogP contribution in [0.25, 0.3) is 0 Å². The molecule has 0 aliphatic carbocycles. The van der Waals surface area contributed by atoms with Crippen molar-refractivity contribution in [1.82, 2.24) is 15.5 Å². The predicted octanol–water partition coefficient (Wildman–Crippen LogP) is -1.59. The maximum atomic E-state index is 11.5. The van der Waals surface area contributed by atoms with Gasteiger partial charge >= 0.3 is 0 Å². The number of ether oxygens (including phenoxy) is 1. The van der Waals surface area contributed by atoms with Crippen molar-refractivity contribution in [2.24, 2.45) is 0 Å². The second-order valence-corrected chi connectivity index (χ2v) is 3.83. The summed E-state index contributed by atoms with van der Waals surface area (Å²) in [6.45, 7) is 5.78. The Morgan fingerprint density at radius 3 is 2.71 bits per heavy atom. The van der Waals surface area contributed by atoms with Gasteiger partial charge in [0.15, 0.2) is 0 Å². The molecular weight excluding hydrogens is 182 g/mol. The quantitative estimate of drug-likeness (QED) is 0.575. The predicted molar refractivity (Wildman–Crippen MR) is 52.1 cm³/mol. The van der Waals surface area contributed by atoms with Crippen LogP contribution in [-0.2, 0) is 9.53 Å². The summed E-state index contributed by atoms with van der Waals surface area (Å²) in [5, 5.41) is 6.20. The van der Waals surface area contributed by atoms with Gasteiger partial charge in [-0.3, -0.25) is 9.69 Å². The van der Waals surface area contributed by atoms with Crippen molar-refractivity contribution < 1.29 is 9.53 Å². The Balaban J connectivity index is 1.64. The van der Waals surface area contributed by atoms with Crippen LogP contribution in [0.5, 0.6) is 0 Å². The van der Waals surface area contributed by atoms with Gasteiger partial charge in [-0.2, -0.15) is 0 Å². The number of hydrogen-bond donors (Lipinski definition) is 2. The zero-order valence-corrected chi connectivity index (χ0v) is 8.29. The molecule has 2 rings (SSSR count). The minimum Gasteiger partial charge on any atom is -0.377 e. The fourth-order valence-corrected chi connectivity index (χ4v) is 1.66. The largest absolute Gasteiger partial charge is 0.377 e. The van der Waals surface area contributed by atoms with Gasteiger partial charge in [0.1, 0.15) is 0 Å². The average molecular weight is 199 g/mol. The van der Waals surface area contributed by atoms with Crippen LogP contribution >= 0.6 is 0 Å². The van der Waals surface area contributed by atoms with Gasteiger partial charge in [-0.25, -0.2) is 0 Å². The van der Waals surface area contributed by atoms with E-state index in [1.807, 2.05) is 0 Å². The van der Waals surface area contributed by atoms with E-state index in [9.17, 15) is 4.79 Å². The normalized spacial score (nSPS) is 24.3. The van der Waals surface area contributed by atoms with Crippen molar-refractivity contribution in [3.05, 3.63) is 0 Å². The highest BCUT2D eigenvalue weighted by molar-refractivity contribution is 5.78. The van der Waals surface area contributed by atoms with E-state index in [0.717, 1.165) is 26.2 Å². The molecular formula is C9H17N3O2. The molecule has 0 unspecified atom stereocenters. The van der Waals surface area contributed by atoms with Gasteiger partial charge in [0.2, 0.25) is 5.91 Å². The van der Waals surface area contributed by atoms with Crippen LogP contribution in [0.4, 0.5) is 0 Å². The van der Waals surface area contributed by atoms with Gasteiger partial charge in [0.05, 0.1) is 25.8 Å².